The van der Waals surface area contributed by atoms with E-state index in [1.807, 2.05) is 0 Å². The average Bonchev–Trinajstić information content (AvgIpc) is 3.07. The van der Waals surface area contributed by atoms with Crippen molar-refractivity contribution >= 4 is 23.5 Å². The summed E-state index contributed by atoms with van der Waals surface area (Å²) >= 11 is 5.53. The lowest BCUT2D eigenvalue weighted by atomic mass is 10.2. The van der Waals surface area contributed by atoms with Gasteiger partial charge in [0.25, 0.3) is 5.56 Å². The van der Waals surface area contributed by atoms with Crippen LogP contribution in [0.4, 0.5) is 19.2 Å². The molecular weight excluding hydrogens is 389 g/mol. The number of alkyl halides is 3. The third-order valence-corrected chi connectivity index (χ3v) is 3.65. The molecule has 0 saturated carbocycles. The molecule has 3 rings (SSSR count). The van der Waals surface area contributed by atoms with E-state index in [9.17, 15) is 22.8 Å². The lowest BCUT2D eigenvalue weighted by molar-refractivity contribution is -0.138. The number of benzene rings is 1. The van der Waals surface area contributed by atoms with Crippen molar-refractivity contribution in [2.75, 3.05) is 5.32 Å². The molecule has 0 bridgehead atoms. The molecule has 1 N–H and O–H groups in total. The monoisotopic (exact) mass is 398 g/mol. The van der Waals surface area contributed by atoms with Crippen molar-refractivity contribution in [1.29, 1.82) is 0 Å². The highest BCUT2D eigenvalue weighted by molar-refractivity contribution is 6.30. The molecule has 0 radical (unpaired) electrons. The largest absolute Gasteiger partial charge is 0.417 e. The number of carbonyl (C=O) groups is 1. The van der Waals surface area contributed by atoms with E-state index in [1.165, 1.54) is 0 Å². The molecule has 0 saturated heterocycles. The molecule has 0 aliphatic carbocycles. The second-order valence-electron chi connectivity index (χ2n) is 5.33. The number of carbonyl (C=O) groups excluding carboxylic acids is 1. The molecule has 2 aromatic heterocycles. The summed E-state index contributed by atoms with van der Waals surface area (Å²) in [5, 5.41) is 8.95. The van der Waals surface area contributed by atoms with Crippen LogP contribution in [-0.4, -0.2) is 20.7 Å². The fourth-order valence-corrected chi connectivity index (χ4v) is 2.38. The first kappa shape index (κ1) is 18.6. The van der Waals surface area contributed by atoms with Gasteiger partial charge in [0.05, 0.1) is 5.56 Å². The number of amides is 1. The van der Waals surface area contributed by atoms with E-state index in [2.05, 4.69) is 15.5 Å². The molecule has 11 heteroatoms. The van der Waals surface area contributed by atoms with E-state index in [0.717, 1.165) is 0 Å². The molecule has 0 aliphatic heterocycles. The predicted octanol–water partition coefficient (Wildman–Crippen LogP) is 3.21. The van der Waals surface area contributed by atoms with E-state index >= 15 is 0 Å². The Morgan fingerprint density at radius 1 is 1.22 bits per heavy atom. The Labute approximate surface area is 154 Å². The minimum absolute atomic E-state index is 0.144. The van der Waals surface area contributed by atoms with Gasteiger partial charge in [-0.05, 0) is 18.2 Å². The van der Waals surface area contributed by atoms with Crippen LogP contribution in [0.15, 0.2) is 51.8 Å². The van der Waals surface area contributed by atoms with Gasteiger partial charge >= 0.3 is 12.2 Å². The quantitative estimate of drug-likeness (QED) is 0.728. The van der Waals surface area contributed by atoms with Gasteiger partial charge < -0.3 is 8.98 Å². The molecule has 3 aromatic rings. The zero-order valence-corrected chi connectivity index (χ0v) is 14.1. The van der Waals surface area contributed by atoms with Crippen LogP contribution in [0.1, 0.15) is 5.56 Å². The van der Waals surface area contributed by atoms with Crippen molar-refractivity contribution in [2.45, 2.75) is 12.7 Å². The second-order valence-corrected chi connectivity index (χ2v) is 5.74. The Balaban J connectivity index is 1.76. The summed E-state index contributed by atoms with van der Waals surface area (Å²) < 4.78 is 44.3. The van der Waals surface area contributed by atoms with E-state index in [1.54, 1.807) is 30.3 Å². The minimum Gasteiger partial charge on any atom is -0.403 e. The maximum Gasteiger partial charge on any atom is 0.417 e. The van der Waals surface area contributed by atoms with Crippen LogP contribution in [-0.2, 0) is 17.5 Å². The smallest absolute Gasteiger partial charge is 0.403 e. The van der Waals surface area contributed by atoms with Crippen molar-refractivity contribution in [3.63, 3.8) is 0 Å². The van der Waals surface area contributed by atoms with Gasteiger partial charge in [0.1, 0.15) is 11.6 Å². The topological polar surface area (TPSA) is 90.0 Å². The first-order valence-electron chi connectivity index (χ1n) is 7.40. The van der Waals surface area contributed by atoms with Gasteiger partial charge in [-0.3, -0.25) is 14.9 Å². The number of rotatable bonds is 4. The number of aromatic nitrogens is 3. The normalized spacial score (nSPS) is 11.4. The Bertz CT molecular complexity index is 1030. The Morgan fingerprint density at radius 3 is 2.59 bits per heavy atom. The van der Waals surface area contributed by atoms with Gasteiger partial charge in [-0.1, -0.05) is 34.9 Å². The van der Waals surface area contributed by atoms with E-state index < -0.39 is 34.8 Å². The molecule has 1 amide bonds. The summed E-state index contributed by atoms with van der Waals surface area (Å²) in [6.45, 7) is -0.717. The van der Waals surface area contributed by atoms with Crippen molar-refractivity contribution in [3.05, 3.63) is 63.5 Å². The zero-order valence-electron chi connectivity index (χ0n) is 13.3. The average molecular weight is 399 g/mol. The Kier molecular flexibility index (Phi) is 5.00. The van der Waals surface area contributed by atoms with E-state index in [4.69, 9.17) is 16.0 Å². The predicted molar refractivity (Wildman–Crippen MR) is 89.1 cm³/mol. The summed E-state index contributed by atoms with van der Waals surface area (Å²) in [5.41, 5.74) is -1.47. The molecule has 140 valence electrons. The highest BCUT2D eigenvalue weighted by Gasteiger charge is 2.32. The second kappa shape index (κ2) is 7.23. The fraction of sp³-hybridized carbons (Fsp3) is 0.125. The maximum absolute atomic E-state index is 12.8. The highest BCUT2D eigenvalue weighted by atomic mass is 35.5. The van der Waals surface area contributed by atoms with E-state index in [0.29, 0.717) is 22.4 Å². The van der Waals surface area contributed by atoms with Gasteiger partial charge in [-0.2, -0.15) is 13.2 Å². The van der Waals surface area contributed by atoms with E-state index in [-0.39, 0.29) is 11.9 Å². The van der Waals surface area contributed by atoms with Crippen molar-refractivity contribution in [1.82, 2.24) is 14.8 Å². The highest BCUT2D eigenvalue weighted by Crippen LogP contribution is 2.29. The van der Waals surface area contributed by atoms with Gasteiger partial charge in [0.15, 0.2) is 0 Å². The standard InChI is InChI=1S/C16H10ClF3N4O3/c17-11-6-10(16(18,19)20)7-24(14(11)26)8-12(25)21-15-23-22-13(27-15)9-4-2-1-3-5-9/h1-7H,8H2,(H,21,23,25). The number of hydrogen-bond donors (Lipinski definition) is 1. The molecule has 2 heterocycles. The number of anilines is 1. The van der Waals surface area contributed by atoms with Gasteiger partial charge in [0.2, 0.25) is 11.8 Å². The molecule has 1 aromatic carbocycles. The van der Waals surface area contributed by atoms with Gasteiger partial charge in [-0.15, -0.1) is 5.10 Å². The lowest BCUT2D eigenvalue weighted by Gasteiger charge is -2.11. The molecule has 0 fully saturated rings. The minimum atomic E-state index is -4.72. The molecule has 0 spiro atoms. The molecule has 0 aliphatic rings. The summed E-state index contributed by atoms with van der Waals surface area (Å²) in [6.07, 6.45) is -4.20. The summed E-state index contributed by atoms with van der Waals surface area (Å²) in [5.74, 6) is -0.694. The Morgan fingerprint density at radius 2 is 1.93 bits per heavy atom. The van der Waals surface area contributed by atoms with Crippen LogP contribution >= 0.6 is 11.6 Å². The van der Waals surface area contributed by atoms with Crippen LogP contribution in [0.5, 0.6) is 0 Å². The number of nitrogens with zero attached hydrogens (tertiary/aromatic N) is 3. The van der Waals surface area contributed by atoms with Crippen LogP contribution in [0.25, 0.3) is 11.5 Å². The van der Waals surface area contributed by atoms with Crippen LogP contribution < -0.4 is 10.9 Å². The molecule has 0 unspecified atom stereocenters. The van der Waals surface area contributed by atoms with Crippen LogP contribution in [0.3, 0.4) is 0 Å². The maximum atomic E-state index is 12.8. The van der Waals surface area contributed by atoms with Crippen molar-refractivity contribution < 1.29 is 22.4 Å². The van der Waals surface area contributed by atoms with Crippen molar-refractivity contribution in [2.24, 2.45) is 0 Å². The number of nitrogens with one attached hydrogen (secondary N) is 1. The molecule has 27 heavy (non-hydrogen) atoms. The number of pyridine rings is 1. The molecule has 7 nitrogen and oxygen atoms in total. The third kappa shape index (κ3) is 4.34. The molecule has 0 atom stereocenters. The first-order chi connectivity index (χ1) is 12.7. The summed E-state index contributed by atoms with van der Waals surface area (Å²) in [7, 11) is 0. The summed E-state index contributed by atoms with van der Waals surface area (Å²) in [4.78, 5) is 23.9. The third-order valence-electron chi connectivity index (χ3n) is 3.38. The lowest BCUT2D eigenvalue weighted by Crippen LogP contribution is -2.29. The number of hydrogen-bond acceptors (Lipinski definition) is 5. The SMILES string of the molecule is O=C(Cn1cc(C(F)(F)F)cc(Cl)c1=O)Nc1nnc(-c2ccccc2)o1. The van der Waals surface area contributed by atoms with Gasteiger partial charge in [0, 0.05) is 11.8 Å². The molecular formula is C16H10ClF3N4O3. The van der Waals surface area contributed by atoms with Crippen molar-refractivity contribution in [3.8, 4) is 11.5 Å². The summed E-state index contributed by atoms with van der Waals surface area (Å²) in [6, 6.07) is 8.96. The zero-order chi connectivity index (χ0) is 19.6. The fourth-order valence-electron chi connectivity index (χ4n) is 2.16. The van der Waals surface area contributed by atoms with Gasteiger partial charge in [-0.25, -0.2) is 0 Å². The van der Waals surface area contributed by atoms with Crippen LogP contribution in [0.2, 0.25) is 5.02 Å². The number of halogens is 4. The first-order valence-corrected chi connectivity index (χ1v) is 7.78. The van der Waals surface area contributed by atoms with Crippen LogP contribution in [0, 0.1) is 0 Å². The Hall–Kier alpha value is -3.14.